The summed E-state index contributed by atoms with van der Waals surface area (Å²) in [6.45, 7) is 3.26. The molecule has 1 aliphatic carbocycles. The topological polar surface area (TPSA) is 88.1 Å². The minimum absolute atomic E-state index is 0.439. The molecule has 1 aromatic rings. The number of nitrogen functional groups attached to an aromatic ring is 1. The normalized spacial score (nSPS) is 13.9. The van der Waals surface area contributed by atoms with Gasteiger partial charge in [-0.05, 0) is 19.3 Å². The van der Waals surface area contributed by atoms with E-state index in [9.17, 15) is 0 Å². The van der Waals surface area contributed by atoms with Gasteiger partial charge in [-0.15, -0.1) is 0 Å². The van der Waals surface area contributed by atoms with Crippen LogP contribution in [-0.4, -0.2) is 29.2 Å². The SMILES string of the molecule is CCCOc1ncnc(N(CCC#N)C2CC2)c1N. The second-order valence-corrected chi connectivity index (χ2v) is 4.60. The van der Waals surface area contributed by atoms with Crippen molar-refractivity contribution in [1.29, 1.82) is 5.26 Å². The number of aromatic nitrogens is 2. The van der Waals surface area contributed by atoms with Crippen molar-refractivity contribution in [3.05, 3.63) is 6.33 Å². The summed E-state index contributed by atoms with van der Waals surface area (Å²) < 4.78 is 5.51. The zero-order chi connectivity index (χ0) is 13.7. The van der Waals surface area contributed by atoms with E-state index >= 15 is 0 Å². The van der Waals surface area contributed by atoms with E-state index in [1.807, 2.05) is 6.92 Å². The van der Waals surface area contributed by atoms with Crippen LogP contribution in [0.2, 0.25) is 0 Å². The maximum Gasteiger partial charge on any atom is 0.242 e. The van der Waals surface area contributed by atoms with Crippen LogP contribution in [0.5, 0.6) is 5.88 Å². The highest BCUT2D eigenvalue weighted by molar-refractivity contribution is 5.68. The van der Waals surface area contributed by atoms with Gasteiger partial charge in [0.25, 0.3) is 0 Å². The standard InChI is InChI=1S/C13H19N5O/c1-2-8-19-13-11(15)12(16-9-17-13)18(7-3-6-14)10-4-5-10/h9-10H,2-5,7-8,15H2,1H3. The predicted octanol–water partition coefficient (Wildman–Crippen LogP) is 1.73. The first-order chi connectivity index (χ1) is 9.27. The average molecular weight is 261 g/mol. The van der Waals surface area contributed by atoms with Crippen LogP contribution >= 0.6 is 0 Å². The van der Waals surface area contributed by atoms with Crippen LogP contribution in [0.15, 0.2) is 6.33 Å². The third kappa shape index (κ3) is 3.25. The van der Waals surface area contributed by atoms with Gasteiger partial charge in [-0.2, -0.15) is 10.2 Å². The van der Waals surface area contributed by atoms with Gasteiger partial charge in [0.15, 0.2) is 5.82 Å². The first-order valence-corrected chi connectivity index (χ1v) is 6.64. The molecule has 0 bridgehead atoms. The molecular formula is C13H19N5O. The van der Waals surface area contributed by atoms with Gasteiger partial charge in [0.1, 0.15) is 12.0 Å². The Morgan fingerprint density at radius 1 is 1.53 bits per heavy atom. The lowest BCUT2D eigenvalue weighted by atomic mass is 10.3. The van der Waals surface area contributed by atoms with Crippen LogP contribution in [0.3, 0.4) is 0 Å². The van der Waals surface area contributed by atoms with Gasteiger partial charge in [-0.25, -0.2) is 4.98 Å². The molecule has 102 valence electrons. The molecule has 2 rings (SSSR count). The number of anilines is 2. The monoisotopic (exact) mass is 261 g/mol. The summed E-state index contributed by atoms with van der Waals surface area (Å²) >= 11 is 0. The Bertz CT molecular complexity index is 467. The minimum Gasteiger partial charge on any atom is -0.476 e. The molecule has 6 heteroatoms. The molecule has 19 heavy (non-hydrogen) atoms. The summed E-state index contributed by atoms with van der Waals surface area (Å²) in [5.41, 5.74) is 6.56. The van der Waals surface area contributed by atoms with Gasteiger partial charge in [-0.1, -0.05) is 6.92 Å². The first kappa shape index (κ1) is 13.4. The Hall–Kier alpha value is -2.03. The lowest BCUT2D eigenvalue weighted by molar-refractivity contribution is 0.306. The summed E-state index contributed by atoms with van der Waals surface area (Å²) in [4.78, 5) is 10.4. The Kier molecular flexibility index (Phi) is 4.39. The largest absolute Gasteiger partial charge is 0.476 e. The molecule has 1 heterocycles. The molecule has 0 radical (unpaired) electrons. The highest BCUT2D eigenvalue weighted by Gasteiger charge is 2.31. The number of nitrogens with zero attached hydrogens (tertiary/aromatic N) is 4. The predicted molar refractivity (Wildman–Crippen MR) is 72.8 cm³/mol. The van der Waals surface area contributed by atoms with E-state index in [0.717, 1.165) is 19.3 Å². The van der Waals surface area contributed by atoms with Gasteiger partial charge in [0.05, 0.1) is 19.1 Å². The Balaban J connectivity index is 2.19. The number of hydrogen-bond donors (Lipinski definition) is 1. The fourth-order valence-electron chi connectivity index (χ4n) is 1.93. The molecule has 1 aliphatic rings. The van der Waals surface area contributed by atoms with E-state index in [-0.39, 0.29) is 0 Å². The van der Waals surface area contributed by atoms with Crippen LogP contribution in [0.25, 0.3) is 0 Å². The lowest BCUT2D eigenvalue weighted by Gasteiger charge is -2.24. The molecule has 6 nitrogen and oxygen atoms in total. The van der Waals surface area contributed by atoms with Crippen molar-refractivity contribution in [2.24, 2.45) is 0 Å². The van der Waals surface area contributed by atoms with E-state index in [4.69, 9.17) is 15.7 Å². The van der Waals surface area contributed by atoms with Gasteiger partial charge in [-0.3, -0.25) is 0 Å². The number of nitrogens with two attached hydrogens (primary N) is 1. The van der Waals surface area contributed by atoms with E-state index in [1.165, 1.54) is 6.33 Å². The first-order valence-electron chi connectivity index (χ1n) is 6.64. The molecule has 0 atom stereocenters. The maximum atomic E-state index is 8.74. The van der Waals surface area contributed by atoms with Gasteiger partial charge in [0, 0.05) is 12.6 Å². The van der Waals surface area contributed by atoms with Crippen molar-refractivity contribution in [2.75, 3.05) is 23.8 Å². The summed E-state index contributed by atoms with van der Waals surface area (Å²) in [5.74, 6) is 1.13. The molecule has 0 unspecified atom stereocenters. The second kappa shape index (κ2) is 6.23. The van der Waals surface area contributed by atoms with Crippen LogP contribution in [-0.2, 0) is 0 Å². The van der Waals surface area contributed by atoms with Gasteiger partial charge in [0.2, 0.25) is 5.88 Å². The Morgan fingerprint density at radius 2 is 2.32 bits per heavy atom. The smallest absolute Gasteiger partial charge is 0.242 e. The van der Waals surface area contributed by atoms with Crippen molar-refractivity contribution in [1.82, 2.24) is 9.97 Å². The molecule has 0 saturated heterocycles. The fourth-order valence-corrected chi connectivity index (χ4v) is 1.93. The quantitative estimate of drug-likeness (QED) is 0.804. The number of ether oxygens (including phenoxy) is 1. The zero-order valence-corrected chi connectivity index (χ0v) is 11.2. The zero-order valence-electron chi connectivity index (χ0n) is 11.2. The molecule has 1 aromatic heterocycles. The van der Waals surface area contributed by atoms with Crippen molar-refractivity contribution in [3.8, 4) is 11.9 Å². The van der Waals surface area contributed by atoms with E-state index in [2.05, 4.69) is 20.9 Å². The van der Waals surface area contributed by atoms with Crippen molar-refractivity contribution >= 4 is 11.5 Å². The summed E-state index contributed by atoms with van der Waals surface area (Å²) in [6.07, 6.45) is 5.09. The molecule has 1 fully saturated rings. The molecule has 0 amide bonds. The molecular weight excluding hydrogens is 242 g/mol. The third-order valence-electron chi connectivity index (χ3n) is 2.99. The van der Waals surface area contributed by atoms with Crippen LogP contribution < -0.4 is 15.4 Å². The van der Waals surface area contributed by atoms with E-state index < -0.39 is 0 Å². The van der Waals surface area contributed by atoms with Gasteiger partial charge >= 0.3 is 0 Å². The Labute approximate surface area is 113 Å². The lowest BCUT2D eigenvalue weighted by Crippen LogP contribution is -2.28. The highest BCUT2D eigenvalue weighted by Crippen LogP contribution is 2.36. The third-order valence-corrected chi connectivity index (χ3v) is 2.99. The molecule has 0 aliphatic heterocycles. The van der Waals surface area contributed by atoms with Crippen LogP contribution in [0, 0.1) is 11.3 Å². The van der Waals surface area contributed by atoms with E-state index in [0.29, 0.717) is 43.0 Å². The number of nitriles is 1. The second-order valence-electron chi connectivity index (χ2n) is 4.60. The van der Waals surface area contributed by atoms with Crippen LogP contribution in [0.1, 0.15) is 32.6 Å². The van der Waals surface area contributed by atoms with Gasteiger partial charge < -0.3 is 15.4 Å². The summed E-state index contributed by atoms with van der Waals surface area (Å²) in [7, 11) is 0. The molecule has 1 saturated carbocycles. The molecule has 0 aromatic carbocycles. The average Bonchev–Trinajstić information content (AvgIpc) is 3.24. The van der Waals surface area contributed by atoms with Crippen molar-refractivity contribution in [3.63, 3.8) is 0 Å². The van der Waals surface area contributed by atoms with Crippen LogP contribution in [0.4, 0.5) is 11.5 Å². The van der Waals surface area contributed by atoms with E-state index in [1.54, 1.807) is 0 Å². The molecule has 0 spiro atoms. The highest BCUT2D eigenvalue weighted by atomic mass is 16.5. The number of rotatable bonds is 7. The summed E-state index contributed by atoms with van der Waals surface area (Å²) in [6, 6.07) is 2.61. The summed E-state index contributed by atoms with van der Waals surface area (Å²) in [5, 5.41) is 8.74. The minimum atomic E-state index is 0.439. The van der Waals surface area contributed by atoms with Crippen molar-refractivity contribution in [2.45, 2.75) is 38.6 Å². The number of hydrogen-bond acceptors (Lipinski definition) is 6. The Morgan fingerprint density at radius 3 is 2.95 bits per heavy atom. The van der Waals surface area contributed by atoms with Crippen molar-refractivity contribution < 1.29 is 4.74 Å². The molecule has 2 N–H and O–H groups in total. The maximum absolute atomic E-state index is 8.74. The fraction of sp³-hybridized carbons (Fsp3) is 0.615.